The van der Waals surface area contributed by atoms with Gasteiger partial charge >= 0.3 is 0 Å². The van der Waals surface area contributed by atoms with Crippen LogP contribution in [-0.2, 0) is 10.0 Å². The molecule has 0 bridgehead atoms. The van der Waals surface area contributed by atoms with Gasteiger partial charge in [-0.3, -0.25) is 4.98 Å². The lowest BCUT2D eigenvalue weighted by molar-refractivity contribution is 0.379. The molecule has 4 rings (SSSR count). The molecule has 1 aliphatic heterocycles. The van der Waals surface area contributed by atoms with Crippen molar-refractivity contribution in [2.24, 2.45) is 0 Å². The van der Waals surface area contributed by atoms with Crippen molar-refractivity contribution in [3.63, 3.8) is 0 Å². The van der Waals surface area contributed by atoms with E-state index in [-0.39, 0.29) is 23.7 Å². The third-order valence-electron chi connectivity index (χ3n) is 4.91. The van der Waals surface area contributed by atoms with E-state index in [0.29, 0.717) is 24.7 Å². The summed E-state index contributed by atoms with van der Waals surface area (Å²) < 4.78 is 45.9. The molecule has 1 aliphatic rings. The molecule has 0 radical (unpaired) electrons. The third kappa shape index (κ3) is 4.57. The highest BCUT2D eigenvalue weighted by Gasteiger charge is 2.29. The van der Waals surface area contributed by atoms with Crippen LogP contribution < -0.4 is 15.0 Å². The quantitative estimate of drug-likeness (QED) is 0.618. The van der Waals surface area contributed by atoms with Gasteiger partial charge in [0.15, 0.2) is 23.2 Å². The number of hydrogen-bond acceptors (Lipinski definition) is 8. The number of nitrogens with one attached hydrogen (secondary N) is 1. The second kappa shape index (κ2) is 8.82. The predicted molar refractivity (Wildman–Crippen MR) is 113 cm³/mol. The van der Waals surface area contributed by atoms with E-state index in [1.165, 1.54) is 23.5 Å². The molecule has 2 aromatic heterocycles. The van der Waals surface area contributed by atoms with Crippen molar-refractivity contribution in [3.05, 3.63) is 60.7 Å². The van der Waals surface area contributed by atoms with Crippen molar-refractivity contribution in [3.8, 4) is 5.75 Å². The number of piperazine rings is 1. The van der Waals surface area contributed by atoms with E-state index >= 15 is 0 Å². The fourth-order valence-corrected chi connectivity index (χ4v) is 4.69. The fourth-order valence-electron chi connectivity index (χ4n) is 3.26. The SMILES string of the molecule is COc1ccc(S(=O)(=O)N2CCN(c3ccc(Nc4cccnc4)nn3)CC2)cc1F. The average molecular weight is 444 g/mol. The van der Waals surface area contributed by atoms with Gasteiger partial charge in [-0.25, -0.2) is 12.8 Å². The topological polar surface area (TPSA) is 101 Å². The van der Waals surface area contributed by atoms with Crippen LogP contribution in [-0.4, -0.2) is 61.2 Å². The maximum absolute atomic E-state index is 14.0. The molecular weight excluding hydrogens is 423 g/mol. The first kappa shape index (κ1) is 20.9. The number of ether oxygens (including phenoxy) is 1. The second-order valence-corrected chi connectivity index (χ2v) is 8.77. The number of anilines is 3. The summed E-state index contributed by atoms with van der Waals surface area (Å²) in [5, 5.41) is 11.5. The van der Waals surface area contributed by atoms with Gasteiger partial charge in [-0.15, -0.1) is 10.2 Å². The lowest BCUT2D eigenvalue weighted by Gasteiger charge is -2.34. The molecule has 1 aromatic carbocycles. The standard InChI is InChI=1S/C20H21FN6O3S/c1-30-18-5-4-16(13-17(18)21)31(28,29)27-11-9-26(10-12-27)20-7-6-19(24-25-20)23-15-3-2-8-22-14-15/h2-8,13-14H,9-12H2,1H3,(H,23,24). The molecule has 3 heterocycles. The van der Waals surface area contributed by atoms with Gasteiger partial charge < -0.3 is 15.0 Å². The number of methoxy groups -OCH3 is 1. The molecule has 11 heteroatoms. The van der Waals surface area contributed by atoms with Crippen molar-refractivity contribution >= 4 is 27.3 Å². The third-order valence-corrected chi connectivity index (χ3v) is 6.80. The van der Waals surface area contributed by atoms with Crippen molar-refractivity contribution in [1.29, 1.82) is 0 Å². The zero-order valence-corrected chi connectivity index (χ0v) is 17.6. The van der Waals surface area contributed by atoms with E-state index < -0.39 is 15.8 Å². The van der Waals surface area contributed by atoms with Crippen LogP contribution in [0.5, 0.6) is 5.75 Å². The van der Waals surface area contributed by atoms with Crippen LogP contribution >= 0.6 is 0 Å². The van der Waals surface area contributed by atoms with Gasteiger partial charge in [-0.05, 0) is 42.5 Å². The summed E-state index contributed by atoms with van der Waals surface area (Å²) in [4.78, 5) is 5.90. The Morgan fingerprint density at radius 1 is 1.06 bits per heavy atom. The molecule has 1 saturated heterocycles. The molecule has 31 heavy (non-hydrogen) atoms. The van der Waals surface area contributed by atoms with Crippen LogP contribution in [0.25, 0.3) is 0 Å². The van der Waals surface area contributed by atoms with E-state index in [4.69, 9.17) is 4.74 Å². The summed E-state index contributed by atoms with van der Waals surface area (Å²) in [6.45, 7) is 1.41. The maximum Gasteiger partial charge on any atom is 0.243 e. The Morgan fingerprint density at radius 3 is 2.48 bits per heavy atom. The van der Waals surface area contributed by atoms with Gasteiger partial charge in [0, 0.05) is 32.4 Å². The van der Waals surface area contributed by atoms with Crippen molar-refractivity contribution in [1.82, 2.24) is 19.5 Å². The summed E-state index contributed by atoms with van der Waals surface area (Å²) >= 11 is 0. The van der Waals surface area contributed by atoms with E-state index in [1.807, 2.05) is 23.1 Å². The molecule has 9 nitrogen and oxygen atoms in total. The Kier molecular flexibility index (Phi) is 5.96. The van der Waals surface area contributed by atoms with Gasteiger partial charge in [-0.1, -0.05) is 0 Å². The first-order valence-electron chi connectivity index (χ1n) is 9.57. The number of rotatable bonds is 6. The summed E-state index contributed by atoms with van der Waals surface area (Å²) in [6.07, 6.45) is 3.37. The van der Waals surface area contributed by atoms with E-state index in [2.05, 4.69) is 20.5 Å². The number of halogens is 1. The number of pyridine rings is 1. The zero-order valence-electron chi connectivity index (χ0n) is 16.8. The summed E-state index contributed by atoms with van der Waals surface area (Å²) in [5.41, 5.74) is 0.804. The minimum atomic E-state index is -3.80. The number of benzene rings is 1. The van der Waals surface area contributed by atoms with Gasteiger partial charge in [0.25, 0.3) is 0 Å². The Labute approximate surface area is 179 Å². The second-order valence-electron chi connectivity index (χ2n) is 6.83. The van der Waals surface area contributed by atoms with E-state index in [9.17, 15) is 12.8 Å². The normalized spacial score (nSPS) is 15.0. The molecule has 1 N–H and O–H groups in total. The minimum absolute atomic E-state index is 0.00353. The highest BCUT2D eigenvalue weighted by atomic mass is 32.2. The van der Waals surface area contributed by atoms with Crippen molar-refractivity contribution in [2.45, 2.75) is 4.90 Å². The molecule has 0 unspecified atom stereocenters. The van der Waals surface area contributed by atoms with Crippen LogP contribution in [0.1, 0.15) is 0 Å². The molecule has 0 saturated carbocycles. The Hall–Kier alpha value is -3.31. The molecule has 0 aliphatic carbocycles. The first-order chi connectivity index (χ1) is 15.0. The minimum Gasteiger partial charge on any atom is -0.494 e. The largest absolute Gasteiger partial charge is 0.494 e. The number of aromatic nitrogens is 3. The Morgan fingerprint density at radius 2 is 1.87 bits per heavy atom. The van der Waals surface area contributed by atoms with Gasteiger partial charge in [0.2, 0.25) is 10.0 Å². The highest BCUT2D eigenvalue weighted by molar-refractivity contribution is 7.89. The molecule has 0 atom stereocenters. The molecule has 0 amide bonds. The predicted octanol–water partition coefficient (Wildman–Crippen LogP) is 2.27. The zero-order chi connectivity index (χ0) is 21.8. The van der Waals surface area contributed by atoms with E-state index in [1.54, 1.807) is 18.5 Å². The average Bonchev–Trinajstić information content (AvgIpc) is 2.80. The molecule has 3 aromatic rings. The van der Waals surface area contributed by atoms with Crippen LogP contribution in [0.4, 0.5) is 21.7 Å². The highest BCUT2D eigenvalue weighted by Crippen LogP contribution is 2.25. The lowest BCUT2D eigenvalue weighted by atomic mass is 10.3. The van der Waals surface area contributed by atoms with Gasteiger partial charge in [-0.2, -0.15) is 4.31 Å². The van der Waals surface area contributed by atoms with Crippen LogP contribution in [0.3, 0.4) is 0 Å². The van der Waals surface area contributed by atoms with Crippen molar-refractivity contribution < 1.29 is 17.5 Å². The molecule has 1 fully saturated rings. The molecule has 162 valence electrons. The molecule has 0 spiro atoms. The Balaban J connectivity index is 1.39. The Bertz CT molecular complexity index is 1140. The first-order valence-corrected chi connectivity index (χ1v) is 11.0. The van der Waals surface area contributed by atoms with Gasteiger partial charge in [0.05, 0.1) is 23.9 Å². The number of nitrogens with zero attached hydrogens (tertiary/aromatic N) is 5. The summed E-state index contributed by atoms with van der Waals surface area (Å²) in [7, 11) is -2.47. The van der Waals surface area contributed by atoms with Crippen LogP contribution in [0.15, 0.2) is 59.8 Å². The smallest absolute Gasteiger partial charge is 0.243 e. The molecular formula is C20H21FN6O3S. The number of sulfonamides is 1. The lowest BCUT2D eigenvalue weighted by Crippen LogP contribution is -2.49. The van der Waals surface area contributed by atoms with Crippen LogP contribution in [0.2, 0.25) is 0 Å². The summed E-state index contributed by atoms with van der Waals surface area (Å²) in [5.74, 6) is 0.532. The summed E-state index contributed by atoms with van der Waals surface area (Å²) in [6, 6.07) is 11.0. The van der Waals surface area contributed by atoms with Crippen molar-refractivity contribution in [2.75, 3.05) is 43.5 Å². The van der Waals surface area contributed by atoms with Gasteiger partial charge in [0.1, 0.15) is 0 Å². The number of hydrogen-bond donors (Lipinski definition) is 1. The van der Waals surface area contributed by atoms with E-state index in [0.717, 1.165) is 11.8 Å². The maximum atomic E-state index is 14.0. The van der Waals surface area contributed by atoms with Crippen LogP contribution in [0, 0.1) is 5.82 Å². The fraction of sp³-hybridized carbons (Fsp3) is 0.250. The monoisotopic (exact) mass is 444 g/mol.